The third kappa shape index (κ3) is 2.85. The first-order chi connectivity index (χ1) is 8.35. The Morgan fingerprint density at radius 1 is 1.33 bits per heavy atom. The van der Waals surface area contributed by atoms with Crippen molar-refractivity contribution in [1.29, 1.82) is 0 Å². The van der Waals surface area contributed by atoms with Crippen molar-refractivity contribution in [2.75, 3.05) is 5.73 Å². The van der Waals surface area contributed by atoms with Gasteiger partial charge in [0.2, 0.25) is 0 Å². The van der Waals surface area contributed by atoms with E-state index in [-0.39, 0.29) is 17.1 Å². The fourth-order valence-corrected chi connectivity index (χ4v) is 1.62. The monoisotopic (exact) mass is 249 g/mol. The van der Waals surface area contributed by atoms with Crippen LogP contribution in [-0.2, 0) is 6.42 Å². The van der Waals surface area contributed by atoms with Crippen LogP contribution in [0.5, 0.6) is 0 Å². The maximum atomic E-state index is 13.2. The number of benzene rings is 1. The minimum Gasteiger partial charge on any atom is -0.398 e. The van der Waals surface area contributed by atoms with Gasteiger partial charge in [-0.05, 0) is 23.6 Å². The van der Waals surface area contributed by atoms with Gasteiger partial charge >= 0.3 is 0 Å². The lowest BCUT2D eigenvalue weighted by Gasteiger charge is -2.14. The molecule has 0 bridgehead atoms. The van der Waals surface area contributed by atoms with Crippen molar-refractivity contribution in [2.24, 2.45) is 5.41 Å². The number of anilines is 1. The second-order valence-corrected chi connectivity index (χ2v) is 5.48. The molecule has 2 N–H and O–H groups in total. The Bertz CT molecular complexity index is 558. The zero-order valence-electron chi connectivity index (χ0n) is 10.7. The highest BCUT2D eigenvalue weighted by atomic mass is 19.1. The highest BCUT2D eigenvalue weighted by molar-refractivity contribution is 5.70. The van der Waals surface area contributed by atoms with Crippen LogP contribution in [0.15, 0.2) is 22.7 Å². The van der Waals surface area contributed by atoms with Crippen LogP contribution in [0.3, 0.4) is 0 Å². The second kappa shape index (κ2) is 4.40. The molecule has 0 unspecified atom stereocenters. The number of aromatic nitrogens is 2. The molecule has 5 heteroatoms. The average molecular weight is 249 g/mol. The smallest absolute Gasteiger partial charge is 0.260 e. The lowest BCUT2D eigenvalue weighted by atomic mass is 9.92. The molecule has 0 aliphatic rings. The molecule has 2 rings (SSSR count). The van der Waals surface area contributed by atoms with Gasteiger partial charge in [-0.25, -0.2) is 4.39 Å². The summed E-state index contributed by atoms with van der Waals surface area (Å²) in [5, 5.41) is 3.88. The minimum absolute atomic E-state index is 0.0641. The fourth-order valence-electron chi connectivity index (χ4n) is 1.62. The van der Waals surface area contributed by atoms with Crippen LogP contribution < -0.4 is 5.73 Å². The number of hydrogen-bond acceptors (Lipinski definition) is 4. The molecule has 0 aliphatic heterocycles. The van der Waals surface area contributed by atoms with Crippen molar-refractivity contribution < 1.29 is 8.91 Å². The Morgan fingerprint density at radius 2 is 2.06 bits per heavy atom. The molecule has 0 saturated heterocycles. The number of nitrogens with two attached hydrogens (primary N) is 1. The SMILES string of the molecule is CC(C)(C)Cc1noc(-c2cc(F)ccc2N)n1. The van der Waals surface area contributed by atoms with Gasteiger partial charge in [-0.3, -0.25) is 0 Å². The Morgan fingerprint density at radius 3 is 2.72 bits per heavy atom. The van der Waals surface area contributed by atoms with Crippen LogP contribution in [0.4, 0.5) is 10.1 Å². The molecule has 0 saturated carbocycles. The molecule has 2 aromatic rings. The molecule has 0 radical (unpaired) electrons. The highest BCUT2D eigenvalue weighted by Gasteiger charge is 2.18. The van der Waals surface area contributed by atoms with Gasteiger partial charge in [-0.2, -0.15) is 4.98 Å². The van der Waals surface area contributed by atoms with E-state index < -0.39 is 0 Å². The number of hydrogen-bond donors (Lipinski definition) is 1. The summed E-state index contributed by atoms with van der Waals surface area (Å²) in [4.78, 5) is 4.24. The maximum Gasteiger partial charge on any atom is 0.260 e. The van der Waals surface area contributed by atoms with Gasteiger partial charge in [0.1, 0.15) is 5.82 Å². The van der Waals surface area contributed by atoms with Crippen molar-refractivity contribution in [3.05, 3.63) is 29.8 Å². The maximum absolute atomic E-state index is 13.2. The van der Waals surface area contributed by atoms with Crippen LogP contribution in [0.2, 0.25) is 0 Å². The van der Waals surface area contributed by atoms with E-state index in [1.807, 2.05) is 0 Å². The van der Waals surface area contributed by atoms with Gasteiger partial charge < -0.3 is 10.3 Å². The summed E-state index contributed by atoms with van der Waals surface area (Å²) in [6.45, 7) is 6.25. The molecule has 0 amide bonds. The van der Waals surface area contributed by atoms with Crippen molar-refractivity contribution >= 4 is 5.69 Å². The summed E-state index contributed by atoms with van der Waals surface area (Å²) in [6.07, 6.45) is 0.686. The summed E-state index contributed by atoms with van der Waals surface area (Å²) >= 11 is 0. The van der Waals surface area contributed by atoms with Gasteiger partial charge in [0.05, 0.1) is 5.56 Å². The normalized spacial score (nSPS) is 11.8. The first-order valence-corrected chi connectivity index (χ1v) is 5.73. The standard InChI is InChI=1S/C13H16FN3O/c1-13(2,3)7-11-16-12(18-17-11)9-6-8(14)4-5-10(9)15/h4-6H,7,15H2,1-3H3. The van der Waals surface area contributed by atoms with E-state index in [0.29, 0.717) is 23.5 Å². The van der Waals surface area contributed by atoms with Crippen LogP contribution in [-0.4, -0.2) is 10.1 Å². The van der Waals surface area contributed by atoms with Crippen molar-refractivity contribution in [2.45, 2.75) is 27.2 Å². The molecule has 0 fully saturated rings. The topological polar surface area (TPSA) is 64.9 Å². The Labute approximate surface area is 105 Å². The highest BCUT2D eigenvalue weighted by Crippen LogP contribution is 2.26. The zero-order chi connectivity index (χ0) is 13.3. The number of nitrogens with zero attached hydrogens (tertiary/aromatic N) is 2. The molecule has 18 heavy (non-hydrogen) atoms. The summed E-state index contributed by atoms with van der Waals surface area (Å²) in [5.41, 5.74) is 6.68. The lowest BCUT2D eigenvalue weighted by molar-refractivity contribution is 0.374. The molecule has 0 atom stereocenters. The van der Waals surface area contributed by atoms with E-state index in [0.717, 1.165) is 0 Å². The summed E-state index contributed by atoms with van der Waals surface area (Å²) in [7, 11) is 0. The van der Waals surface area contributed by atoms with E-state index in [9.17, 15) is 4.39 Å². The predicted octanol–water partition coefficient (Wildman–Crippen LogP) is 3.05. The molecule has 96 valence electrons. The second-order valence-electron chi connectivity index (χ2n) is 5.48. The number of rotatable bonds is 2. The van der Waals surface area contributed by atoms with Crippen LogP contribution in [0, 0.1) is 11.2 Å². The number of halogens is 1. The van der Waals surface area contributed by atoms with Crippen molar-refractivity contribution in [3.63, 3.8) is 0 Å². The number of nitrogen functional groups attached to an aromatic ring is 1. The minimum atomic E-state index is -0.380. The van der Waals surface area contributed by atoms with Crippen LogP contribution in [0.25, 0.3) is 11.5 Å². The van der Waals surface area contributed by atoms with Crippen LogP contribution in [0.1, 0.15) is 26.6 Å². The van der Waals surface area contributed by atoms with Gasteiger partial charge in [-0.15, -0.1) is 0 Å². The molecular weight excluding hydrogens is 233 g/mol. The summed E-state index contributed by atoms with van der Waals surface area (Å²) in [5.74, 6) is 0.474. The third-order valence-corrected chi connectivity index (χ3v) is 2.40. The average Bonchev–Trinajstić information content (AvgIpc) is 2.67. The predicted molar refractivity (Wildman–Crippen MR) is 67.3 cm³/mol. The van der Waals surface area contributed by atoms with Gasteiger partial charge in [-0.1, -0.05) is 25.9 Å². The zero-order valence-corrected chi connectivity index (χ0v) is 10.7. The molecule has 4 nitrogen and oxygen atoms in total. The lowest BCUT2D eigenvalue weighted by Crippen LogP contribution is -2.10. The van der Waals surface area contributed by atoms with E-state index in [4.69, 9.17) is 10.3 Å². The Kier molecular flexibility index (Phi) is 3.07. The van der Waals surface area contributed by atoms with Gasteiger partial charge in [0.15, 0.2) is 5.82 Å². The first-order valence-electron chi connectivity index (χ1n) is 5.73. The molecule has 1 aromatic heterocycles. The molecule has 0 aliphatic carbocycles. The molecular formula is C13H16FN3O. The van der Waals surface area contributed by atoms with E-state index in [1.54, 1.807) is 0 Å². The van der Waals surface area contributed by atoms with Crippen LogP contribution >= 0.6 is 0 Å². The van der Waals surface area contributed by atoms with E-state index in [1.165, 1.54) is 18.2 Å². The molecule has 0 spiro atoms. The van der Waals surface area contributed by atoms with Crippen molar-refractivity contribution in [3.8, 4) is 11.5 Å². The summed E-state index contributed by atoms with van der Waals surface area (Å²) < 4.78 is 18.3. The van der Waals surface area contributed by atoms with Crippen molar-refractivity contribution in [1.82, 2.24) is 10.1 Å². The largest absolute Gasteiger partial charge is 0.398 e. The summed E-state index contributed by atoms with van der Waals surface area (Å²) in [6, 6.07) is 4.08. The molecule has 1 heterocycles. The van der Waals surface area contributed by atoms with Gasteiger partial charge in [0, 0.05) is 12.1 Å². The molecule has 1 aromatic carbocycles. The Hall–Kier alpha value is -1.91. The van der Waals surface area contributed by atoms with E-state index in [2.05, 4.69) is 30.9 Å². The van der Waals surface area contributed by atoms with Gasteiger partial charge in [0.25, 0.3) is 5.89 Å². The third-order valence-electron chi connectivity index (χ3n) is 2.40. The van der Waals surface area contributed by atoms with E-state index >= 15 is 0 Å². The fraction of sp³-hybridized carbons (Fsp3) is 0.385. The Balaban J connectivity index is 2.32. The first kappa shape index (κ1) is 12.5. The quantitative estimate of drug-likeness (QED) is 0.831.